The standard InChI is InChI=1S/C13H21N3O2.2ClH/c1-16(2)12-7-5-4-6-10(12)8-15-13(17)11(14)9-18-3;;/h4-7,11H,8-9,14H2,1-3H3,(H,15,17);2*1H. The number of amides is 1. The van der Waals surface area contributed by atoms with Crippen LogP contribution in [-0.2, 0) is 16.1 Å². The topological polar surface area (TPSA) is 67.6 Å². The highest BCUT2D eigenvalue weighted by Crippen LogP contribution is 2.17. The molecule has 7 heteroatoms. The molecular weight excluding hydrogens is 301 g/mol. The lowest BCUT2D eigenvalue weighted by atomic mass is 10.1. The molecule has 1 atom stereocenters. The molecule has 0 aliphatic heterocycles. The van der Waals surface area contributed by atoms with Crippen molar-refractivity contribution in [1.29, 1.82) is 0 Å². The van der Waals surface area contributed by atoms with E-state index >= 15 is 0 Å². The summed E-state index contributed by atoms with van der Waals surface area (Å²) in [6.45, 7) is 0.686. The van der Waals surface area contributed by atoms with Crippen LogP contribution in [0.3, 0.4) is 0 Å². The highest BCUT2D eigenvalue weighted by molar-refractivity contribution is 5.85. The van der Waals surface area contributed by atoms with E-state index in [1.54, 1.807) is 0 Å². The lowest BCUT2D eigenvalue weighted by Gasteiger charge is -2.18. The molecule has 1 unspecified atom stereocenters. The summed E-state index contributed by atoms with van der Waals surface area (Å²) in [7, 11) is 5.46. The first-order chi connectivity index (χ1) is 8.56. The molecule has 0 saturated heterocycles. The van der Waals surface area contributed by atoms with Crippen LogP contribution < -0.4 is 16.0 Å². The summed E-state index contributed by atoms with van der Waals surface area (Å²) >= 11 is 0. The molecule has 0 saturated carbocycles. The minimum absolute atomic E-state index is 0. The molecule has 1 rings (SSSR count). The highest BCUT2D eigenvalue weighted by atomic mass is 35.5. The summed E-state index contributed by atoms with van der Waals surface area (Å²) in [6.07, 6.45) is 0. The van der Waals surface area contributed by atoms with E-state index in [9.17, 15) is 4.79 Å². The van der Waals surface area contributed by atoms with Crippen molar-refractivity contribution in [2.24, 2.45) is 5.73 Å². The van der Waals surface area contributed by atoms with Gasteiger partial charge in [-0.25, -0.2) is 0 Å². The summed E-state index contributed by atoms with van der Waals surface area (Å²) in [5.74, 6) is -0.203. The first-order valence-electron chi connectivity index (χ1n) is 5.83. The summed E-state index contributed by atoms with van der Waals surface area (Å²) in [5, 5.41) is 2.81. The highest BCUT2D eigenvalue weighted by Gasteiger charge is 2.13. The van der Waals surface area contributed by atoms with Crippen molar-refractivity contribution in [2.45, 2.75) is 12.6 Å². The zero-order valence-electron chi connectivity index (χ0n) is 12.0. The second-order valence-corrected chi connectivity index (χ2v) is 4.30. The van der Waals surface area contributed by atoms with Crippen LogP contribution in [-0.4, -0.2) is 39.8 Å². The van der Waals surface area contributed by atoms with Crippen LogP contribution in [0.15, 0.2) is 24.3 Å². The molecule has 0 radical (unpaired) electrons. The smallest absolute Gasteiger partial charge is 0.239 e. The number of nitrogens with two attached hydrogens (primary N) is 1. The SMILES string of the molecule is COCC(N)C(=O)NCc1ccccc1N(C)C.Cl.Cl. The van der Waals surface area contributed by atoms with E-state index in [0.717, 1.165) is 11.3 Å². The molecule has 116 valence electrons. The van der Waals surface area contributed by atoms with Gasteiger partial charge in [0.1, 0.15) is 6.04 Å². The summed E-state index contributed by atoms with van der Waals surface area (Å²) < 4.78 is 4.84. The molecule has 0 spiro atoms. The van der Waals surface area contributed by atoms with Crippen molar-refractivity contribution in [2.75, 3.05) is 32.7 Å². The number of halogens is 2. The molecule has 1 aromatic rings. The Morgan fingerprint density at radius 3 is 2.50 bits per heavy atom. The minimum Gasteiger partial charge on any atom is -0.383 e. The van der Waals surface area contributed by atoms with Gasteiger partial charge < -0.3 is 20.7 Å². The van der Waals surface area contributed by atoms with Crippen LogP contribution in [0.2, 0.25) is 0 Å². The van der Waals surface area contributed by atoms with Gasteiger partial charge >= 0.3 is 0 Å². The summed E-state index contributed by atoms with van der Waals surface area (Å²) in [4.78, 5) is 13.7. The predicted octanol–water partition coefficient (Wildman–Crippen LogP) is 1.19. The van der Waals surface area contributed by atoms with Crippen molar-refractivity contribution in [3.63, 3.8) is 0 Å². The number of anilines is 1. The Bertz CT molecular complexity index is 403. The maximum atomic E-state index is 11.7. The normalized spacial score (nSPS) is 10.8. The number of para-hydroxylation sites is 1. The number of methoxy groups -OCH3 is 1. The molecule has 0 aliphatic rings. The Morgan fingerprint density at radius 2 is 1.95 bits per heavy atom. The lowest BCUT2D eigenvalue weighted by Crippen LogP contribution is -2.43. The number of ether oxygens (including phenoxy) is 1. The van der Waals surface area contributed by atoms with Gasteiger partial charge in [0.05, 0.1) is 6.61 Å². The van der Waals surface area contributed by atoms with Gasteiger partial charge in [-0.15, -0.1) is 24.8 Å². The average Bonchev–Trinajstić information content (AvgIpc) is 2.36. The van der Waals surface area contributed by atoms with Gasteiger partial charge in [-0.05, 0) is 11.6 Å². The Labute approximate surface area is 132 Å². The third-order valence-corrected chi connectivity index (χ3v) is 2.61. The Morgan fingerprint density at radius 1 is 1.35 bits per heavy atom. The van der Waals surface area contributed by atoms with Crippen LogP contribution in [0.4, 0.5) is 5.69 Å². The average molecular weight is 324 g/mol. The van der Waals surface area contributed by atoms with E-state index in [1.165, 1.54) is 7.11 Å². The van der Waals surface area contributed by atoms with Crippen LogP contribution in [0, 0.1) is 0 Å². The number of carbonyl (C=O) groups excluding carboxylic acids is 1. The van der Waals surface area contributed by atoms with Gasteiger partial charge in [0.25, 0.3) is 0 Å². The van der Waals surface area contributed by atoms with Gasteiger partial charge in [0.15, 0.2) is 0 Å². The van der Waals surface area contributed by atoms with E-state index in [2.05, 4.69) is 5.32 Å². The van der Waals surface area contributed by atoms with Crippen molar-refractivity contribution in [1.82, 2.24) is 5.32 Å². The molecule has 1 aromatic carbocycles. The first-order valence-corrected chi connectivity index (χ1v) is 5.83. The molecule has 20 heavy (non-hydrogen) atoms. The van der Waals surface area contributed by atoms with Gasteiger partial charge in [-0.3, -0.25) is 4.79 Å². The van der Waals surface area contributed by atoms with E-state index in [1.807, 2.05) is 43.3 Å². The Kier molecular flexibility index (Phi) is 11.4. The molecule has 0 fully saturated rings. The van der Waals surface area contributed by atoms with Gasteiger partial charge in [0.2, 0.25) is 5.91 Å². The van der Waals surface area contributed by atoms with Crippen LogP contribution in [0.5, 0.6) is 0 Å². The van der Waals surface area contributed by atoms with Crippen molar-refractivity contribution < 1.29 is 9.53 Å². The monoisotopic (exact) mass is 323 g/mol. The van der Waals surface area contributed by atoms with E-state index in [-0.39, 0.29) is 37.3 Å². The number of nitrogens with zero attached hydrogens (tertiary/aromatic N) is 1. The second-order valence-electron chi connectivity index (χ2n) is 4.30. The number of rotatable bonds is 6. The fourth-order valence-corrected chi connectivity index (χ4v) is 1.67. The van der Waals surface area contributed by atoms with E-state index < -0.39 is 6.04 Å². The second kappa shape index (κ2) is 10.7. The number of nitrogens with one attached hydrogen (secondary N) is 1. The van der Waals surface area contributed by atoms with Crippen LogP contribution >= 0.6 is 24.8 Å². The Hall–Kier alpha value is -1.01. The van der Waals surface area contributed by atoms with Gasteiger partial charge in [0, 0.05) is 33.4 Å². The fraction of sp³-hybridized carbons (Fsp3) is 0.462. The molecule has 0 bridgehead atoms. The molecule has 3 N–H and O–H groups in total. The van der Waals surface area contributed by atoms with E-state index in [4.69, 9.17) is 10.5 Å². The first kappa shape index (κ1) is 21.3. The molecule has 5 nitrogen and oxygen atoms in total. The largest absolute Gasteiger partial charge is 0.383 e. The van der Waals surface area contributed by atoms with Gasteiger partial charge in [-0.2, -0.15) is 0 Å². The summed E-state index contributed by atoms with van der Waals surface area (Å²) in [6, 6.07) is 7.29. The lowest BCUT2D eigenvalue weighted by molar-refractivity contribution is -0.123. The number of carbonyl (C=O) groups is 1. The van der Waals surface area contributed by atoms with Crippen molar-refractivity contribution in [3.05, 3.63) is 29.8 Å². The van der Waals surface area contributed by atoms with Crippen molar-refractivity contribution in [3.8, 4) is 0 Å². The number of hydrogen-bond acceptors (Lipinski definition) is 4. The number of hydrogen-bond donors (Lipinski definition) is 2. The molecule has 0 aliphatic carbocycles. The fourth-order valence-electron chi connectivity index (χ4n) is 1.67. The maximum Gasteiger partial charge on any atom is 0.239 e. The van der Waals surface area contributed by atoms with Crippen LogP contribution in [0.25, 0.3) is 0 Å². The molecule has 1 amide bonds. The van der Waals surface area contributed by atoms with Crippen molar-refractivity contribution >= 4 is 36.4 Å². The van der Waals surface area contributed by atoms with Crippen LogP contribution in [0.1, 0.15) is 5.56 Å². The molecular formula is C13H23Cl2N3O2. The van der Waals surface area contributed by atoms with Gasteiger partial charge in [-0.1, -0.05) is 18.2 Å². The third-order valence-electron chi connectivity index (χ3n) is 2.61. The third kappa shape index (κ3) is 6.43. The molecule has 0 aromatic heterocycles. The quantitative estimate of drug-likeness (QED) is 0.825. The zero-order chi connectivity index (χ0) is 13.5. The molecule has 0 heterocycles. The Balaban J connectivity index is 0. The minimum atomic E-state index is -0.624. The summed E-state index contributed by atoms with van der Waals surface area (Å²) in [5.41, 5.74) is 7.78. The predicted molar refractivity (Wildman–Crippen MR) is 87.0 cm³/mol. The number of benzene rings is 1. The maximum absolute atomic E-state index is 11.7. The van der Waals surface area contributed by atoms with E-state index in [0.29, 0.717) is 6.54 Å². The zero-order valence-corrected chi connectivity index (χ0v) is 13.6.